The van der Waals surface area contributed by atoms with Crippen molar-refractivity contribution in [2.24, 2.45) is 0 Å². The molecule has 0 unspecified atom stereocenters. The van der Waals surface area contributed by atoms with Crippen LogP contribution in [-0.2, 0) is 6.54 Å². The van der Waals surface area contributed by atoms with E-state index in [1.807, 2.05) is 24.3 Å². The Hall–Kier alpha value is -2.41. The Labute approximate surface area is 139 Å². The largest absolute Gasteiger partial charge is 0.350 e. The molecule has 1 aromatic heterocycles. The molecular formula is C16H13BrFN3O2. The number of amides is 1. The van der Waals surface area contributed by atoms with E-state index in [0.717, 1.165) is 17.1 Å². The SMILES string of the molecule is O=C(NCCn1c(=O)[nH]c2ccccc21)c1cc(F)cc(Br)c1. The highest BCUT2D eigenvalue weighted by Crippen LogP contribution is 2.14. The number of aromatic amines is 1. The molecule has 0 saturated heterocycles. The van der Waals surface area contributed by atoms with E-state index in [1.165, 1.54) is 12.1 Å². The highest BCUT2D eigenvalue weighted by Gasteiger charge is 2.09. The van der Waals surface area contributed by atoms with Crippen LogP contribution in [0.4, 0.5) is 4.39 Å². The number of hydrogen-bond acceptors (Lipinski definition) is 2. The predicted octanol–water partition coefficient (Wildman–Crippen LogP) is 2.66. The van der Waals surface area contributed by atoms with Crippen molar-refractivity contribution in [3.8, 4) is 0 Å². The van der Waals surface area contributed by atoms with Crippen LogP contribution in [0.15, 0.2) is 51.7 Å². The number of carbonyl (C=O) groups is 1. The zero-order valence-corrected chi connectivity index (χ0v) is 13.6. The number of imidazole rings is 1. The molecule has 0 fully saturated rings. The Morgan fingerprint density at radius 3 is 2.83 bits per heavy atom. The second kappa shape index (κ2) is 6.37. The van der Waals surface area contributed by atoms with Crippen LogP contribution < -0.4 is 11.0 Å². The van der Waals surface area contributed by atoms with E-state index >= 15 is 0 Å². The molecule has 5 nitrogen and oxygen atoms in total. The maximum Gasteiger partial charge on any atom is 0.326 e. The number of para-hydroxylation sites is 2. The van der Waals surface area contributed by atoms with E-state index in [-0.39, 0.29) is 17.8 Å². The molecule has 0 radical (unpaired) electrons. The average Bonchev–Trinajstić information content (AvgIpc) is 2.82. The van der Waals surface area contributed by atoms with E-state index in [4.69, 9.17) is 0 Å². The van der Waals surface area contributed by atoms with Crippen molar-refractivity contribution in [1.29, 1.82) is 0 Å². The molecule has 1 amide bonds. The quantitative estimate of drug-likeness (QED) is 0.733. The van der Waals surface area contributed by atoms with E-state index in [1.54, 1.807) is 4.57 Å². The molecule has 2 aromatic carbocycles. The molecule has 118 valence electrons. The summed E-state index contributed by atoms with van der Waals surface area (Å²) in [4.78, 5) is 26.7. The fraction of sp³-hybridized carbons (Fsp3) is 0.125. The van der Waals surface area contributed by atoms with Gasteiger partial charge in [0.2, 0.25) is 0 Å². The molecule has 23 heavy (non-hydrogen) atoms. The summed E-state index contributed by atoms with van der Waals surface area (Å²) in [5.74, 6) is -0.879. The molecule has 0 spiro atoms. The van der Waals surface area contributed by atoms with Crippen molar-refractivity contribution in [3.05, 3.63) is 68.8 Å². The maximum atomic E-state index is 13.3. The topological polar surface area (TPSA) is 66.9 Å². The fourth-order valence-corrected chi connectivity index (χ4v) is 2.86. The van der Waals surface area contributed by atoms with Gasteiger partial charge in [0.1, 0.15) is 5.82 Å². The van der Waals surface area contributed by atoms with E-state index in [9.17, 15) is 14.0 Å². The number of rotatable bonds is 4. The molecule has 0 aliphatic carbocycles. The van der Waals surface area contributed by atoms with Crippen LogP contribution in [0.2, 0.25) is 0 Å². The number of fused-ring (bicyclic) bond motifs is 1. The summed E-state index contributed by atoms with van der Waals surface area (Å²) < 4.78 is 15.4. The lowest BCUT2D eigenvalue weighted by Crippen LogP contribution is -2.30. The van der Waals surface area contributed by atoms with Crippen molar-refractivity contribution in [2.45, 2.75) is 6.54 Å². The van der Waals surface area contributed by atoms with E-state index in [0.29, 0.717) is 11.0 Å². The zero-order valence-electron chi connectivity index (χ0n) is 12.0. The lowest BCUT2D eigenvalue weighted by Gasteiger charge is -2.07. The normalized spacial score (nSPS) is 10.9. The number of carbonyl (C=O) groups excluding carboxylic acids is 1. The monoisotopic (exact) mass is 377 g/mol. The summed E-state index contributed by atoms with van der Waals surface area (Å²) in [6.45, 7) is 0.583. The molecule has 0 aliphatic rings. The standard InChI is InChI=1S/C16H13BrFN3O2/c17-11-7-10(8-12(18)9-11)15(22)19-5-6-21-14-4-2-1-3-13(14)20-16(21)23/h1-4,7-9H,5-6H2,(H,19,22)(H,20,23). The fourth-order valence-electron chi connectivity index (χ4n) is 2.40. The van der Waals surface area contributed by atoms with Gasteiger partial charge >= 0.3 is 5.69 Å². The van der Waals surface area contributed by atoms with Crippen molar-refractivity contribution < 1.29 is 9.18 Å². The second-order valence-corrected chi connectivity index (χ2v) is 5.93. The number of nitrogens with one attached hydrogen (secondary N) is 2. The van der Waals surface area contributed by atoms with Crippen LogP contribution in [0, 0.1) is 5.82 Å². The molecule has 7 heteroatoms. The van der Waals surface area contributed by atoms with Crippen molar-refractivity contribution in [2.75, 3.05) is 6.54 Å². The van der Waals surface area contributed by atoms with Gasteiger partial charge < -0.3 is 10.3 Å². The summed E-state index contributed by atoms with van der Waals surface area (Å²) in [7, 11) is 0. The van der Waals surface area contributed by atoms with Gasteiger partial charge in [0, 0.05) is 23.1 Å². The first kappa shape index (κ1) is 15.5. The van der Waals surface area contributed by atoms with Gasteiger partial charge in [-0.15, -0.1) is 0 Å². The first-order valence-corrected chi connectivity index (χ1v) is 7.76. The van der Waals surface area contributed by atoms with Gasteiger partial charge in [0.25, 0.3) is 5.91 Å². The Morgan fingerprint density at radius 2 is 2.04 bits per heavy atom. The van der Waals surface area contributed by atoms with Gasteiger partial charge in [-0.05, 0) is 30.3 Å². The summed E-state index contributed by atoms with van der Waals surface area (Å²) in [5, 5.41) is 2.68. The number of aromatic nitrogens is 2. The summed E-state index contributed by atoms with van der Waals surface area (Å²) in [6.07, 6.45) is 0. The number of H-pyrrole nitrogens is 1. The van der Waals surface area contributed by atoms with Crippen molar-refractivity contribution in [1.82, 2.24) is 14.9 Å². The molecule has 3 aromatic rings. The van der Waals surface area contributed by atoms with Gasteiger partial charge in [-0.2, -0.15) is 0 Å². The number of halogens is 2. The van der Waals surface area contributed by atoms with Gasteiger partial charge in [0.15, 0.2) is 0 Å². The highest BCUT2D eigenvalue weighted by atomic mass is 79.9. The minimum Gasteiger partial charge on any atom is -0.350 e. The summed E-state index contributed by atoms with van der Waals surface area (Å²) in [6, 6.07) is 11.3. The van der Waals surface area contributed by atoms with Crippen LogP contribution in [0.25, 0.3) is 11.0 Å². The van der Waals surface area contributed by atoms with Gasteiger partial charge in [-0.3, -0.25) is 9.36 Å². The average molecular weight is 378 g/mol. The highest BCUT2D eigenvalue weighted by molar-refractivity contribution is 9.10. The molecular weight excluding hydrogens is 365 g/mol. The minimum absolute atomic E-state index is 0.225. The first-order valence-electron chi connectivity index (χ1n) is 6.96. The first-order chi connectivity index (χ1) is 11.0. The Kier molecular flexibility index (Phi) is 4.29. The third-order valence-corrected chi connectivity index (χ3v) is 3.89. The molecule has 1 heterocycles. The lowest BCUT2D eigenvalue weighted by molar-refractivity contribution is 0.0951. The molecule has 0 bridgehead atoms. The van der Waals surface area contributed by atoms with Crippen LogP contribution in [0.5, 0.6) is 0 Å². The third kappa shape index (κ3) is 3.34. The third-order valence-electron chi connectivity index (χ3n) is 3.43. The van der Waals surface area contributed by atoms with E-state index in [2.05, 4.69) is 26.2 Å². The van der Waals surface area contributed by atoms with Crippen molar-refractivity contribution in [3.63, 3.8) is 0 Å². The second-order valence-electron chi connectivity index (χ2n) is 5.01. The number of hydrogen-bond donors (Lipinski definition) is 2. The van der Waals surface area contributed by atoms with Gasteiger partial charge in [-0.25, -0.2) is 9.18 Å². The Bertz CT molecular complexity index is 912. The van der Waals surface area contributed by atoms with Crippen LogP contribution in [0.3, 0.4) is 0 Å². The van der Waals surface area contributed by atoms with Crippen LogP contribution in [-0.4, -0.2) is 22.0 Å². The van der Waals surface area contributed by atoms with Crippen LogP contribution in [0.1, 0.15) is 10.4 Å². The molecule has 3 rings (SSSR count). The smallest absolute Gasteiger partial charge is 0.326 e. The number of nitrogens with zero attached hydrogens (tertiary/aromatic N) is 1. The van der Waals surface area contributed by atoms with Crippen LogP contribution >= 0.6 is 15.9 Å². The number of benzene rings is 2. The molecule has 2 N–H and O–H groups in total. The Morgan fingerprint density at radius 1 is 1.26 bits per heavy atom. The lowest BCUT2D eigenvalue weighted by atomic mass is 10.2. The molecule has 0 atom stereocenters. The summed E-state index contributed by atoms with van der Waals surface area (Å²) in [5.41, 5.74) is 1.52. The van der Waals surface area contributed by atoms with Crippen molar-refractivity contribution >= 4 is 32.9 Å². The van der Waals surface area contributed by atoms with Gasteiger partial charge in [0.05, 0.1) is 11.0 Å². The van der Waals surface area contributed by atoms with Gasteiger partial charge in [-0.1, -0.05) is 28.1 Å². The van der Waals surface area contributed by atoms with E-state index < -0.39 is 11.7 Å². The molecule has 0 aliphatic heterocycles. The minimum atomic E-state index is -0.489. The predicted molar refractivity (Wildman–Crippen MR) is 89.0 cm³/mol. The maximum absolute atomic E-state index is 13.3. The zero-order chi connectivity index (χ0) is 16.4. The summed E-state index contributed by atoms with van der Waals surface area (Å²) >= 11 is 3.15. The Balaban J connectivity index is 1.70. The molecule has 0 saturated carbocycles.